The Labute approximate surface area is 131 Å². The molecule has 1 aliphatic rings. The SMILES string of the molecule is CNC(Cc1nc(-c2ccccc2)cs1)C1CCCCC1. The topological polar surface area (TPSA) is 24.9 Å². The van der Waals surface area contributed by atoms with E-state index in [1.807, 2.05) is 0 Å². The fraction of sp³-hybridized carbons (Fsp3) is 0.500. The van der Waals surface area contributed by atoms with Crippen LogP contribution in [-0.2, 0) is 6.42 Å². The molecule has 1 aliphatic carbocycles. The Balaban J connectivity index is 1.68. The fourth-order valence-electron chi connectivity index (χ4n) is 3.38. The van der Waals surface area contributed by atoms with Crippen molar-refractivity contribution >= 4 is 11.3 Å². The molecule has 0 spiro atoms. The summed E-state index contributed by atoms with van der Waals surface area (Å²) in [7, 11) is 2.10. The molecule has 112 valence electrons. The van der Waals surface area contributed by atoms with Crippen LogP contribution in [0.4, 0.5) is 0 Å². The van der Waals surface area contributed by atoms with Crippen molar-refractivity contribution in [1.29, 1.82) is 0 Å². The normalized spacial score (nSPS) is 17.8. The van der Waals surface area contributed by atoms with E-state index in [-0.39, 0.29) is 0 Å². The van der Waals surface area contributed by atoms with Gasteiger partial charge in [-0.05, 0) is 25.8 Å². The third-order valence-corrected chi connectivity index (χ3v) is 5.48. The molecule has 21 heavy (non-hydrogen) atoms. The zero-order chi connectivity index (χ0) is 14.5. The number of hydrogen-bond donors (Lipinski definition) is 1. The first-order chi connectivity index (χ1) is 10.4. The van der Waals surface area contributed by atoms with Gasteiger partial charge in [-0.1, -0.05) is 49.6 Å². The quantitative estimate of drug-likeness (QED) is 0.878. The van der Waals surface area contributed by atoms with Gasteiger partial charge in [0.25, 0.3) is 0 Å². The van der Waals surface area contributed by atoms with Crippen LogP contribution in [0.3, 0.4) is 0 Å². The number of aromatic nitrogens is 1. The summed E-state index contributed by atoms with van der Waals surface area (Å²) in [6.45, 7) is 0. The summed E-state index contributed by atoms with van der Waals surface area (Å²) in [5.74, 6) is 0.827. The molecular formula is C18H24N2S. The lowest BCUT2D eigenvalue weighted by Crippen LogP contribution is -2.36. The van der Waals surface area contributed by atoms with Crippen molar-refractivity contribution in [2.45, 2.75) is 44.6 Å². The second-order valence-electron chi connectivity index (χ2n) is 5.99. The van der Waals surface area contributed by atoms with Crippen molar-refractivity contribution in [2.75, 3.05) is 7.05 Å². The maximum Gasteiger partial charge on any atom is 0.0948 e. The molecule has 1 N–H and O–H groups in total. The summed E-state index contributed by atoms with van der Waals surface area (Å²) in [6, 6.07) is 11.1. The molecule has 1 aromatic heterocycles. The van der Waals surface area contributed by atoms with Crippen LogP contribution >= 0.6 is 11.3 Å². The highest BCUT2D eigenvalue weighted by molar-refractivity contribution is 7.09. The van der Waals surface area contributed by atoms with Gasteiger partial charge < -0.3 is 5.32 Å². The second-order valence-corrected chi connectivity index (χ2v) is 6.93. The zero-order valence-electron chi connectivity index (χ0n) is 12.7. The predicted octanol–water partition coefficient (Wildman–Crippen LogP) is 4.52. The van der Waals surface area contributed by atoms with Crippen LogP contribution in [0.2, 0.25) is 0 Å². The summed E-state index contributed by atoms with van der Waals surface area (Å²) in [6.07, 6.45) is 8.04. The third kappa shape index (κ3) is 3.72. The molecule has 0 amide bonds. The van der Waals surface area contributed by atoms with E-state index in [4.69, 9.17) is 4.98 Å². The first-order valence-corrected chi connectivity index (χ1v) is 8.92. The summed E-state index contributed by atoms with van der Waals surface area (Å²) >= 11 is 1.80. The molecule has 3 heteroatoms. The highest BCUT2D eigenvalue weighted by Crippen LogP contribution is 2.29. The zero-order valence-corrected chi connectivity index (χ0v) is 13.5. The average molecular weight is 300 g/mol. The number of rotatable bonds is 5. The smallest absolute Gasteiger partial charge is 0.0948 e. The van der Waals surface area contributed by atoms with Gasteiger partial charge in [0.15, 0.2) is 0 Å². The van der Waals surface area contributed by atoms with Gasteiger partial charge in [0.1, 0.15) is 0 Å². The molecule has 2 aromatic rings. The van der Waals surface area contributed by atoms with Crippen LogP contribution in [0, 0.1) is 5.92 Å². The van der Waals surface area contributed by atoms with Crippen LogP contribution in [-0.4, -0.2) is 18.1 Å². The Morgan fingerprint density at radius 1 is 1.19 bits per heavy atom. The maximum absolute atomic E-state index is 4.84. The highest BCUT2D eigenvalue weighted by Gasteiger charge is 2.23. The largest absolute Gasteiger partial charge is 0.316 e. The molecule has 0 bridgehead atoms. The Morgan fingerprint density at radius 3 is 2.67 bits per heavy atom. The number of hydrogen-bond acceptors (Lipinski definition) is 3. The van der Waals surface area contributed by atoms with Crippen molar-refractivity contribution in [3.8, 4) is 11.3 Å². The van der Waals surface area contributed by atoms with Crippen molar-refractivity contribution in [3.05, 3.63) is 40.7 Å². The molecule has 3 rings (SSSR count). The molecule has 1 fully saturated rings. The van der Waals surface area contributed by atoms with E-state index in [1.165, 1.54) is 42.7 Å². The van der Waals surface area contributed by atoms with Crippen LogP contribution in [0.1, 0.15) is 37.1 Å². The summed E-state index contributed by atoms with van der Waals surface area (Å²) in [5, 5.41) is 6.99. The van der Waals surface area contributed by atoms with E-state index in [0.717, 1.165) is 18.0 Å². The standard InChI is InChI=1S/C18H24N2S/c1-19-16(14-8-4-2-5-9-14)12-18-20-17(13-21-18)15-10-6-3-7-11-15/h3,6-7,10-11,13-14,16,19H,2,4-5,8-9,12H2,1H3. The summed E-state index contributed by atoms with van der Waals surface area (Å²) < 4.78 is 0. The molecule has 1 saturated carbocycles. The maximum atomic E-state index is 4.84. The molecule has 1 unspecified atom stereocenters. The average Bonchev–Trinajstić information content (AvgIpc) is 3.03. The van der Waals surface area contributed by atoms with Gasteiger partial charge in [0, 0.05) is 23.4 Å². The number of thiazole rings is 1. The first-order valence-electron chi connectivity index (χ1n) is 8.04. The molecule has 1 aromatic carbocycles. The van der Waals surface area contributed by atoms with Gasteiger partial charge >= 0.3 is 0 Å². The monoisotopic (exact) mass is 300 g/mol. The molecule has 2 nitrogen and oxygen atoms in total. The van der Waals surface area contributed by atoms with E-state index in [9.17, 15) is 0 Å². The lowest BCUT2D eigenvalue weighted by atomic mass is 9.83. The Kier molecular flexibility index (Phi) is 5.04. The molecule has 0 radical (unpaired) electrons. The molecule has 1 heterocycles. The van der Waals surface area contributed by atoms with Gasteiger partial charge in [0.2, 0.25) is 0 Å². The highest BCUT2D eigenvalue weighted by atomic mass is 32.1. The van der Waals surface area contributed by atoms with Gasteiger partial charge in [-0.25, -0.2) is 4.98 Å². The van der Waals surface area contributed by atoms with Gasteiger partial charge in [-0.2, -0.15) is 0 Å². The molecule has 0 aliphatic heterocycles. The second kappa shape index (κ2) is 7.19. The summed E-state index contributed by atoms with van der Waals surface area (Å²) in [5.41, 5.74) is 2.34. The first kappa shape index (κ1) is 14.7. The third-order valence-electron chi connectivity index (χ3n) is 4.61. The van der Waals surface area contributed by atoms with Crippen LogP contribution in [0.5, 0.6) is 0 Å². The van der Waals surface area contributed by atoms with E-state index in [2.05, 4.69) is 48.1 Å². The van der Waals surface area contributed by atoms with Crippen LogP contribution in [0.25, 0.3) is 11.3 Å². The van der Waals surface area contributed by atoms with Gasteiger partial charge in [-0.15, -0.1) is 11.3 Å². The number of nitrogens with zero attached hydrogens (tertiary/aromatic N) is 1. The van der Waals surface area contributed by atoms with Crippen LogP contribution in [0.15, 0.2) is 35.7 Å². The van der Waals surface area contributed by atoms with Gasteiger partial charge in [0.05, 0.1) is 10.7 Å². The van der Waals surface area contributed by atoms with E-state index in [1.54, 1.807) is 11.3 Å². The molecular weight excluding hydrogens is 276 g/mol. The van der Waals surface area contributed by atoms with Crippen molar-refractivity contribution in [1.82, 2.24) is 10.3 Å². The Bertz CT molecular complexity index is 543. The van der Waals surface area contributed by atoms with Crippen LogP contribution < -0.4 is 5.32 Å². The molecule has 1 atom stereocenters. The molecule has 0 saturated heterocycles. The van der Waals surface area contributed by atoms with Crippen molar-refractivity contribution < 1.29 is 0 Å². The predicted molar refractivity (Wildman–Crippen MR) is 90.7 cm³/mol. The summed E-state index contributed by atoms with van der Waals surface area (Å²) in [4.78, 5) is 4.84. The Hall–Kier alpha value is -1.19. The van der Waals surface area contributed by atoms with E-state index < -0.39 is 0 Å². The van der Waals surface area contributed by atoms with Gasteiger partial charge in [-0.3, -0.25) is 0 Å². The minimum absolute atomic E-state index is 0.583. The number of benzene rings is 1. The Morgan fingerprint density at radius 2 is 1.95 bits per heavy atom. The lowest BCUT2D eigenvalue weighted by Gasteiger charge is -2.29. The minimum atomic E-state index is 0.583. The minimum Gasteiger partial charge on any atom is -0.316 e. The fourth-order valence-corrected chi connectivity index (χ4v) is 4.24. The van der Waals surface area contributed by atoms with Crippen molar-refractivity contribution in [3.63, 3.8) is 0 Å². The van der Waals surface area contributed by atoms with Crippen molar-refractivity contribution in [2.24, 2.45) is 5.92 Å². The number of nitrogens with one attached hydrogen (secondary N) is 1. The lowest BCUT2D eigenvalue weighted by molar-refractivity contribution is 0.276. The number of likely N-dealkylation sites (N-methyl/N-ethyl adjacent to an activating group) is 1. The van der Waals surface area contributed by atoms with E-state index in [0.29, 0.717) is 6.04 Å². The van der Waals surface area contributed by atoms with E-state index >= 15 is 0 Å².